The summed E-state index contributed by atoms with van der Waals surface area (Å²) in [5, 5.41) is 1.37. The highest BCUT2D eigenvalue weighted by atomic mass is 35.5. The molecule has 6 heteroatoms. The highest BCUT2D eigenvalue weighted by Crippen LogP contribution is 2.38. The minimum atomic E-state index is -0.0541. The van der Waals surface area contributed by atoms with Gasteiger partial charge in [-0.25, -0.2) is 0 Å². The van der Waals surface area contributed by atoms with E-state index in [-0.39, 0.29) is 5.91 Å². The van der Waals surface area contributed by atoms with Crippen molar-refractivity contribution >= 4 is 44.6 Å². The number of halogens is 1. The van der Waals surface area contributed by atoms with Crippen LogP contribution in [0.25, 0.3) is 10.1 Å². The van der Waals surface area contributed by atoms with Crippen molar-refractivity contribution in [2.45, 2.75) is 0 Å². The number of likely N-dealkylation sites (N-methyl/N-ethyl adjacent to an activating group) is 2. The van der Waals surface area contributed by atoms with Crippen LogP contribution in [0.2, 0.25) is 5.02 Å². The number of hydrogen-bond acceptors (Lipinski definition) is 4. The lowest BCUT2D eigenvalue weighted by Crippen LogP contribution is -2.33. The first kappa shape index (κ1) is 15.1. The molecule has 0 aliphatic carbocycles. The van der Waals surface area contributed by atoms with E-state index in [1.165, 1.54) is 11.3 Å². The third-order valence-corrected chi connectivity index (χ3v) is 4.60. The van der Waals surface area contributed by atoms with Crippen LogP contribution < -0.4 is 5.73 Å². The molecule has 0 saturated heterocycles. The first-order chi connectivity index (χ1) is 9.41. The van der Waals surface area contributed by atoms with Crippen LogP contribution in [0.4, 0.5) is 5.69 Å². The van der Waals surface area contributed by atoms with Crippen molar-refractivity contribution in [2.24, 2.45) is 0 Å². The maximum absolute atomic E-state index is 12.5. The summed E-state index contributed by atoms with van der Waals surface area (Å²) in [7, 11) is 5.75. The number of rotatable bonds is 4. The van der Waals surface area contributed by atoms with Crippen molar-refractivity contribution in [3.8, 4) is 0 Å². The van der Waals surface area contributed by atoms with Gasteiger partial charge in [-0.1, -0.05) is 17.7 Å². The Bertz CT molecular complexity index is 639. The number of nitrogens with zero attached hydrogens (tertiary/aromatic N) is 2. The van der Waals surface area contributed by atoms with E-state index in [0.717, 1.165) is 16.6 Å². The molecular weight excluding hydrogens is 294 g/mol. The van der Waals surface area contributed by atoms with Crippen molar-refractivity contribution in [3.63, 3.8) is 0 Å². The molecule has 0 fully saturated rings. The Labute approximate surface area is 127 Å². The van der Waals surface area contributed by atoms with E-state index >= 15 is 0 Å². The minimum Gasteiger partial charge on any atom is -0.397 e. The molecule has 0 bridgehead atoms. The Morgan fingerprint density at radius 3 is 2.60 bits per heavy atom. The second-order valence-corrected chi connectivity index (χ2v) is 6.45. The standard InChI is InChI=1S/C14H18ClN3OS/c1-17(2)7-8-18(3)14(19)13-12(16)11-9(15)5-4-6-10(11)20-13/h4-6H,7-8,16H2,1-3H3. The number of carbonyl (C=O) groups is 1. The molecule has 0 radical (unpaired) electrons. The van der Waals surface area contributed by atoms with Crippen molar-refractivity contribution in [3.05, 3.63) is 28.1 Å². The molecule has 0 atom stereocenters. The van der Waals surface area contributed by atoms with Gasteiger partial charge in [0.2, 0.25) is 0 Å². The van der Waals surface area contributed by atoms with Crippen LogP contribution in [0.1, 0.15) is 9.67 Å². The number of fused-ring (bicyclic) bond motifs is 1. The van der Waals surface area contributed by atoms with Gasteiger partial charge in [-0.15, -0.1) is 11.3 Å². The van der Waals surface area contributed by atoms with Gasteiger partial charge in [-0.3, -0.25) is 4.79 Å². The number of nitrogens with two attached hydrogens (primary N) is 1. The smallest absolute Gasteiger partial charge is 0.265 e. The highest BCUT2D eigenvalue weighted by Gasteiger charge is 2.20. The number of amides is 1. The molecule has 0 aliphatic heterocycles. The van der Waals surface area contributed by atoms with E-state index in [9.17, 15) is 4.79 Å². The first-order valence-electron chi connectivity index (χ1n) is 6.28. The number of thiophene rings is 1. The maximum atomic E-state index is 12.5. The summed E-state index contributed by atoms with van der Waals surface area (Å²) in [5.74, 6) is -0.0541. The van der Waals surface area contributed by atoms with Crippen LogP contribution in [0.3, 0.4) is 0 Å². The van der Waals surface area contributed by atoms with Gasteiger partial charge >= 0.3 is 0 Å². The van der Waals surface area contributed by atoms with E-state index < -0.39 is 0 Å². The first-order valence-corrected chi connectivity index (χ1v) is 7.48. The predicted octanol–water partition coefficient (Wildman–Crippen LogP) is 2.77. The molecule has 0 aliphatic rings. The number of carbonyl (C=O) groups excluding carboxylic acids is 1. The molecule has 1 aromatic carbocycles. The van der Waals surface area contributed by atoms with Gasteiger partial charge < -0.3 is 15.5 Å². The van der Waals surface area contributed by atoms with E-state index in [1.807, 2.05) is 31.1 Å². The summed E-state index contributed by atoms with van der Waals surface area (Å²) in [6.07, 6.45) is 0. The Hall–Kier alpha value is -1.30. The van der Waals surface area contributed by atoms with Crippen molar-refractivity contribution in [1.29, 1.82) is 0 Å². The molecule has 0 unspecified atom stereocenters. The number of benzene rings is 1. The molecule has 4 nitrogen and oxygen atoms in total. The number of nitrogen functional groups attached to an aromatic ring is 1. The third kappa shape index (κ3) is 2.90. The molecule has 0 spiro atoms. The second kappa shape index (κ2) is 5.99. The van der Waals surface area contributed by atoms with Crippen LogP contribution >= 0.6 is 22.9 Å². The average Bonchev–Trinajstić information content (AvgIpc) is 2.73. The number of hydrogen-bond donors (Lipinski definition) is 1. The average molecular weight is 312 g/mol. The fourth-order valence-corrected chi connectivity index (χ4v) is 3.39. The molecule has 1 heterocycles. The normalized spacial score (nSPS) is 11.2. The monoisotopic (exact) mass is 311 g/mol. The van der Waals surface area contributed by atoms with E-state index in [2.05, 4.69) is 0 Å². The van der Waals surface area contributed by atoms with E-state index in [4.69, 9.17) is 17.3 Å². The SMILES string of the molecule is CN(C)CCN(C)C(=O)c1sc2cccc(Cl)c2c1N. The summed E-state index contributed by atoms with van der Waals surface area (Å²) in [5.41, 5.74) is 6.59. The van der Waals surface area contributed by atoms with Crippen molar-refractivity contribution in [1.82, 2.24) is 9.80 Å². The largest absolute Gasteiger partial charge is 0.397 e. The molecule has 1 amide bonds. The van der Waals surface area contributed by atoms with Gasteiger partial charge in [-0.2, -0.15) is 0 Å². The maximum Gasteiger partial charge on any atom is 0.265 e. The summed E-state index contributed by atoms with van der Waals surface area (Å²) in [4.78, 5) is 16.7. The van der Waals surface area contributed by atoms with Crippen LogP contribution in [0.15, 0.2) is 18.2 Å². The Kier molecular flexibility index (Phi) is 4.52. The van der Waals surface area contributed by atoms with Crippen molar-refractivity contribution in [2.75, 3.05) is 40.0 Å². The van der Waals surface area contributed by atoms with Gasteiger partial charge in [0.05, 0.1) is 10.7 Å². The fourth-order valence-electron chi connectivity index (χ4n) is 1.91. The Morgan fingerprint density at radius 2 is 2.00 bits per heavy atom. The Balaban J connectivity index is 2.31. The lowest BCUT2D eigenvalue weighted by atomic mass is 10.2. The minimum absolute atomic E-state index is 0.0541. The molecule has 2 aromatic rings. The predicted molar refractivity (Wildman–Crippen MR) is 86.8 cm³/mol. The molecule has 1 aromatic heterocycles. The number of anilines is 1. The highest BCUT2D eigenvalue weighted by molar-refractivity contribution is 7.21. The van der Waals surface area contributed by atoms with Gasteiger partial charge in [0, 0.05) is 30.2 Å². The topological polar surface area (TPSA) is 49.6 Å². The molecule has 20 heavy (non-hydrogen) atoms. The van der Waals surface area contributed by atoms with Gasteiger partial charge in [-0.05, 0) is 26.2 Å². The summed E-state index contributed by atoms with van der Waals surface area (Å²) in [6, 6.07) is 5.58. The summed E-state index contributed by atoms with van der Waals surface area (Å²) >= 11 is 7.55. The molecule has 108 valence electrons. The lowest BCUT2D eigenvalue weighted by Gasteiger charge is -2.19. The van der Waals surface area contributed by atoms with Gasteiger partial charge in [0.1, 0.15) is 4.88 Å². The zero-order chi connectivity index (χ0) is 14.9. The Morgan fingerprint density at radius 1 is 1.30 bits per heavy atom. The third-order valence-electron chi connectivity index (χ3n) is 3.12. The van der Waals surface area contributed by atoms with E-state index in [1.54, 1.807) is 18.0 Å². The van der Waals surface area contributed by atoms with Gasteiger partial charge in [0.25, 0.3) is 5.91 Å². The zero-order valence-corrected chi connectivity index (χ0v) is 13.4. The van der Waals surface area contributed by atoms with Crippen LogP contribution in [-0.4, -0.2) is 49.9 Å². The second-order valence-electron chi connectivity index (χ2n) is 4.99. The van der Waals surface area contributed by atoms with E-state index in [0.29, 0.717) is 22.1 Å². The fraction of sp³-hybridized carbons (Fsp3) is 0.357. The zero-order valence-electron chi connectivity index (χ0n) is 11.8. The molecular formula is C14H18ClN3OS. The van der Waals surface area contributed by atoms with Crippen LogP contribution in [-0.2, 0) is 0 Å². The molecule has 2 rings (SSSR count). The van der Waals surface area contributed by atoms with Crippen molar-refractivity contribution < 1.29 is 4.79 Å². The van der Waals surface area contributed by atoms with Crippen LogP contribution in [0.5, 0.6) is 0 Å². The summed E-state index contributed by atoms with van der Waals surface area (Å²) < 4.78 is 0.944. The van der Waals surface area contributed by atoms with Gasteiger partial charge in [0.15, 0.2) is 0 Å². The molecule has 0 saturated carbocycles. The van der Waals surface area contributed by atoms with Crippen LogP contribution in [0, 0.1) is 0 Å². The molecule has 2 N–H and O–H groups in total. The quantitative estimate of drug-likeness (QED) is 0.944. The lowest BCUT2D eigenvalue weighted by molar-refractivity contribution is 0.0792. The summed E-state index contributed by atoms with van der Waals surface area (Å²) in [6.45, 7) is 1.47.